The first kappa shape index (κ1) is 7.36. The third-order valence-electron chi connectivity index (χ3n) is 1.47. The third kappa shape index (κ3) is 1.10. The van der Waals surface area contributed by atoms with Crippen molar-refractivity contribution in [1.82, 2.24) is 4.98 Å². The summed E-state index contributed by atoms with van der Waals surface area (Å²) in [6.45, 7) is 0. The highest BCUT2D eigenvalue weighted by molar-refractivity contribution is 7.13. The molecular weight excluding hydrogens is 174 g/mol. The Morgan fingerprint density at radius 1 is 1.58 bits per heavy atom. The molecule has 0 aliphatic rings. The summed E-state index contributed by atoms with van der Waals surface area (Å²) < 4.78 is 10.2. The minimum Gasteiger partial charge on any atom is -0.478 e. The van der Waals surface area contributed by atoms with Gasteiger partial charge in [0.1, 0.15) is 0 Å². The van der Waals surface area contributed by atoms with Gasteiger partial charge in [0.25, 0.3) is 5.88 Å². The number of ether oxygens (including phenoxy) is 1. The largest absolute Gasteiger partial charge is 0.478 e. The summed E-state index contributed by atoms with van der Waals surface area (Å²) in [7, 11) is 1.58. The zero-order valence-electron chi connectivity index (χ0n) is 6.48. The average Bonchev–Trinajstić information content (AvgIpc) is 2.74. The summed E-state index contributed by atoms with van der Waals surface area (Å²) in [4.78, 5) is 4.94. The second-order valence-corrected chi connectivity index (χ2v) is 3.12. The van der Waals surface area contributed by atoms with Gasteiger partial charge in [-0.1, -0.05) is 6.07 Å². The number of oxazole rings is 1. The Morgan fingerprint density at radius 3 is 3.17 bits per heavy atom. The highest BCUT2D eigenvalue weighted by atomic mass is 32.1. The molecule has 0 aromatic carbocycles. The van der Waals surface area contributed by atoms with Crippen LogP contribution in [-0.4, -0.2) is 12.1 Å². The molecule has 0 aliphatic carbocycles. The van der Waals surface area contributed by atoms with E-state index in [0.717, 1.165) is 4.88 Å². The Hall–Kier alpha value is -1.29. The van der Waals surface area contributed by atoms with E-state index in [0.29, 0.717) is 11.6 Å². The molecule has 62 valence electrons. The maximum absolute atomic E-state index is 5.17. The second kappa shape index (κ2) is 2.98. The SMILES string of the molecule is COc1ncoc1-c1cccs1. The highest BCUT2D eigenvalue weighted by Crippen LogP contribution is 2.31. The molecule has 2 rings (SSSR count). The lowest BCUT2D eigenvalue weighted by Crippen LogP contribution is -1.83. The molecule has 2 aromatic heterocycles. The molecule has 0 aliphatic heterocycles. The zero-order chi connectivity index (χ0) is 8.39. The molecule has 0 amide bonds. The third-order valence-corrected chi connectivity index (χ3v) is 2.34. The molecule has 0 bridgehead atoms. The lowest BCUT2D eigenvalue weighted by molar-refractivity contribution is 0.399. The highest BCUT2D eigenvalue weighted by Gasteiger charge is 2.10. The van der Waals surface area contributed by atoms with Gasteiger partial charge in [0.05, 0.1) is 12.0 Å². The quantitative estimate of drug-likeness (QED) is 0.713. The Morgan fingerprint density at radius 2 is 2.50 bits per heavy atom. The lowest BCUT2D eigenvalue weighted by atomic mass is 10.4. The molecule has 0 atom stereocenters. The van der Waals surface area contributed by atoms with Crippen molar-refractivity contribution in [3.05, 3.63) is 23.9 Å². The van der Waals surface area contributed by atoms with Crippen LogP contribution in [0, 0.1) is 0 Å². The Labute approximate surface area is 73.6 Å². The van der Waals surface area contributed by atoms with Crippen molar-refractivity contribution >= 4 is 11.3 Å². The molecule has 0 N–H and O–H groups in total. The van der Waals surface area contributed by atoms with Crippen molar-refractivity contribution < 1.29 is 9.15 Å². The Kier molecular flexibility index (Phi) is 1.83. The van der Waals surface area contributed by atoms with Gasteiger partial charge in [0.2, 0.25) is 5.76 Å². The standard InChI is InChI=1S/C8H7NO2S/c1-10-8-7(11-5-9-8)6-3-2-4-12-6/h2-5H,1H3. The maximum Gasteiger partial charge on any atom is 0.261 e. The van der Waals surface area contributed by atoms with E-state index in [-0.39, 0.29) is 0 Å². The molecule has 0 saturated heterocycles. The fourth-order valence-corrected chi connectivity index (χ4v) is 1.66. The fraction of sp³-hybridized carbons (Fsp3) is 0.125. The lowest BCUT2D eigenvalue weighted by Gasteiger charge is -1.94. The average molecular weight is 181 g/mol. The number of rotatable bonds is 2. The van der Waals surface area contributed by atoms with E-state index in [9.17, 15) is 0 Å². The first-order chi connectivity index (χ1) is 5.92. The zero-order valence-corrected chi connectivity index (χ0v) is 7.30. The van der Waals surface area contributed by atoms with Gasteiger partial charge < -0.3 is 9.15 Å². The van der Waals surface area contributed by atoms with Gasteiger partial charge in [-0.3, -0.25) is 0 Å². The van der Waals surface area contributed by atoms with E-state index in [1.54, 1.807) is 18.4 Å². The molecule has 0 spiro atoms. The number of thiophene rings is 1. The van der Waals surface area contributed by atoms with Crippen molar-refractivity contribution in [2.24, 2.45) is 0 Å². The molecule has 0 radical (unpaired) electrons. The van der Waals surface area contributed by atoms with Crippen molar-refractivity contribution in [3.8, 4) is 16.5 Å². The first-order valence-electron chi connectivity index (χ1n) is 3.43. The molecule has 0 unspecified atom stereocenters. The van der Waals surface area contributed by atoms with Crippen LogP contribution in [0.3, 0.4) is 0 Å². The van der Waals surface area contributed by atoms with Crippen molar-refractivity contribution in [3.63, 3.8) is 0 Å². The number of methoxy groups -OCH3 is 1. The van der Waals surface area contributed by atoms with Crippen LogP contribution in [0.2, 0.25) is 0 Å². The van der Waals surface area contributed by atoms with E-state index < -0.39 is 0 Å². The fourth-order valence-electron chi connectivity index (χ4n) is 0.953. The van der Waals surface area contributed by atoms with E-state index in [2.05, 4.69) is 4.98 Å². The summed E-state index contributed by atoms with van der Waals surface area (Å²) in [5.74, 6) is 1.24. The number of aromatic nitrogens is 1. The van der Waals surface area contributed by atoms with E-state index in [1.165, 1.54) is 6.39 Å². The van der Waals surface area contributed by atoms with Gasteiger partial charge in [0, 0.05) is 0 Å². The second-order valence-electron chi connectivity index (χ2n) is 2.17. The van der Waals surface area contributed by atoms with Crippen LogP contribution in [0.15, 0.2) is 28.3 Å². The van der Waals surface area contributed by atoms with Crippen LogP contribution in [0.1, 0.15) is 0 Å². The normalized spacial score (nSPS) is 10.1. The van der Waals surface area contributed by atoms with Gasteiger partial charge in [-0.2, -0.15) is 4.98 Å². The van der Waals surface area contributed by atoms with E-state index in [4.69, 9.17) is 9.15 Å². The molecular formula is C8H7NO2S. The van der Waals surface area contributed by atoms with E-state index >= 15 is 0 Å². The molecule has 0 saturated carbocycles. The Bertz CT molecular complexity index is 353. The molecule has 0 fully saturated rings. The minimum atomic E-state index is 0.539. The molecule has 2 aromatic rings. The summed E-state index contributed by atoms with van der Waals surface area (Å²) in [6.07, 6.45) is 1.38. The monoisotopic (exact) mass is 181 g/mol. The van der Waals surface area contributed by atoms with Crippen LogP contribution >= 0.6 is 11.3 Å². The Balaban J connectivity index is 2.46. The predicted molar refractivity (Wildman–Crippen MR) is 46.4 cm³/mol. The summed E-state index contributed by atoms with van der Waals surface area (Å²) in [5.41, 5.74) is 0. The minimum absolute atomic E-state index is 0.539. The van der Waals surface area contributed by atoms with Gasteiger partial charge in [-0.25, -0.2) is 0 Å². The summed E-state index contributed by atoms with van der Waals surface area (Å²) in [5, 5.41) is 1.98. The van der Waals surface area contributed by atoms with Crippen LogP contribution in [0.5, 0.6) is 5.88 Å². The summed E-state index contributed by atoms with van der Waals surface area (Å²) >= 11 is 1.60. The van der Waals surface area contributed by atoms with Gasteiger partial charge >= 0.3 is 0 Å². The topological polar surface area (TPSA) is 35.3 Å². The first-order valence-corrected chi connectivity index (χ1v) is 4.31. The smallest absolute Gasteiger partial charge is 0.261 e. The van der Waals surface area contributed by atoms with Gasteiger partial charge in [0.15, 0.2) is 6.39 Å². The molecule has 4 heteroatoms. The molecule has 3 nitrogen and oxygen atoms in total. The number of nitrogens with zero attached hydrogens (tertiary/aromatic N) is 1. The summed E-state index contributed by atoms with van der Waals surface area (Å²) in [6, 6.07) is 3.93. The predicted octanol–water partition coefficient (Wildman–Crippen LogP) is 2.41. The van der Waals surface area contributed by atoms with Crippen LogP contribution in [0.4, 0.5) is 0 Å². The number of hydrogen-bond donors (Lipinski definition) is 0. The van der Waals surface area contributed by atoms with Gasteiger partial charge in [-0.15, -0.1) is 11.3 Å². The van der Waals surface area contributed by atoms with Gasteiger partial charge in [-0.05, 0) is 11.4 Å². The van der Waals surface area contributed by atoms with Crippen LogP contribution in [-0.2, 0) is 0 Å². The van der Waals surface area contributed by atoms with Crippen LogP contribution < -0.4 is 4.74 Å². The molecule has 12 heavy (non-hydrogen) atoms. The van der Waals surface area contributed by atoms with Crippen LogP contribution in [0.25, 0.3) is 10.6 Å². The van der Waals surface area contributed by atoms with Crippen molar-refractivity contribution in [2.45, 2.75) is 0 Å². The van der Waals surface area contributed by atoms with E-state index in [1.807, 2.05) is 17.5 Å². The van der Waals surface area contributed by atoms with Crippen molar-refractivity contribution in [2.75, 3.05) is 7.11 Å². The molecule has 2 heterocycles. The van der Waals surface area contributed by atoms with Crippen molar-refractivity contribution in [1.29, 1.82) is 0 Å². The number of hydrogen-bond acceptors (Lipinski definition) is 4. The maximum atomic E-state index is 5.17.